The average Bonchev–Trinajstić information content (AvgIpc) is 2.98. The number of nitrogens with zero attached hydrogens (tertiary/aromatic N) is 1. The summed E-state index contributed by atoms with van der Waals surface area (Å²) in [5, 5.41) is 11.9. The van der Waals surface area contributed by atoms with Crippen molar-refractivity contribution in [3.05, 3.63) is 29.8 Å². The van der Waals surface area contributed by atoms with Crippen molar-refractivity contribution < 1.29 is 14.7 Å². The molecule has 5 nitrogen and oxygen atoms in total. The Hall–Kier alpha value is -2.04. The zero-order valence-electron chi connectivity index (χ0n) is 12.7. The maximum Gasteiger partial charge on any atom is 0.322 e. The molecule has 0 saturated heterocycles. The van der Waals surface area contributed by atoms with Gasteiger partial charge in [-0.1, -0.05) is 32.0 Å². The predicted molar refractivity (Wildman–Crippen MR) is 81.5 cm³/mol. The van der Waals surface area contributed by atoms with Crippen molar-refractivity contribution in [2.45, 2.75) is 39.7 Å². The van der Waals surface area contributed by atoms with Gasteiger partial charge in [-0.25, -0.2) is 4.79 Å². The molecule has 0 heterocycles. The van der Waals surface area contributed by atoms with E-state index < -0.39 is 5.97 Å². The van der Waals surface area contributed by atoms with E-state index in [-0.39, 0.29) is 30.5 Å². The van der Waals surface area contributed by atoms with Crippen LogP contribution in [0.3, 0.4) is 0 Å². The highest BCUT2D eigenvalue weighted by Gasteiger charge is 2.47. The topological polar surface area (TPSA) is 69.6 Å². The van der Waals surface area contributed by atoms with Crippen LogP contribution in [0.1, 0.15) is 32.3 Å². The molecule has 2 rings (SSSR count). The molecule has 1 unspecified atom stereocenters. The number of rotatable bonds is 5. The molecule has 2 amide bonds. The molecule has 1 aliphatic rings. The SMILES string of the molecule is Cc1ccccc1N(CCC(=O)O)C(=O)NC1CC1(C)C. The molecule has 2 N–H and O–H groups in total. The van der Waals surface area contributed by atoms with Crippen LogP contribution in [-0.2, 0) is 4.79 Å². The molecule has 0 radical (unpaired) electrons. The second kappa shape index (κ2) is 5.76. The maximum atomic E-state index is 12.5. The summed E-state index contributed by atoms with van der Waals surface area (Å²) in [5.41, 5.74) is 1.85. The first-order valence-electron chi connectivity index (χ1n) is 7.17. The minimum Gasteiger partial charge on any atom is -0.481 e. The minimum atomic E-state index is -0.909. The van der Waals surface area contributed by atoms with Gasteiger partial charge in [0, 0.05) is 18.3 Å². The van der Waals surface area contributed by atoms with Crippen LogP contribution in [0.4, 0.5) is 10.5 Å². The third-order valence-corrected chi connectivity index (χ3v) is 4.01. The lowest BCUT2D eigenvalue weighted by atomic mass is 10.1. The normalized spacial score (nSPS) is 18.9. The number of carboxylic acids is 1. The second-order valence-corrected chi connectivity index (χ2v) is 6.28. The Morgan fingerprint density at radius 2 is 2.00 bits per heavy atom. The molecule has 1 fully saturated rings. The Balaban J connectivity index is 2.14. The van der Waals surface area contributed by atoms with Crippen molar-refractivity contribution >= 4 is 17.7 Å². The largest absolute Gasteiger partial charge is 0.481 e. The zero-order chi connectivity index (χ0) is 15.6. The van der Waals surface area contributed by atoms with Crippen LogP contribution in [0.25, 0.3) is 0 Å². The van der Waals surface area contributed by atoms with Gasteiger partial charge in [0.05, 0.1) is 6.42 Å². The van der Waals surface area contributed by atoms with Gasteiger partial charge in [0.2, 0.25) is 0 Å². The fourth-order valence-electron chi connectivity index (χ4n) is 2.35. The summed E-state index contributed by atoms with van der Waals surface area (Å²) in [5.74, 6) is -0.909. The number of benzene rings is 1. The number of amides is 2. The van der Waals surface area contributed by atoms with Crippen molar-refractivity contribution in [2.75, 3.05) is 11.4 Å². The van der Waals surface area contributed by atoms with Crippen LogP contribution in [0.2, 0.25) is 0 Å². The lowest BCUT2D eigenvalue weighted by molar-refractivity contribution is -0.136. The number of carboxylic acid groups (broad SMARTS) is 1. The first kappa shape index (κ1) is 15.4. The van der Waals surface area contributed by atoms with Crippen LogP contribution in [0.15, 0.2) is 24.3 Å². The fourth-order valence-corrected chi connectivity index (χ4v) is 2.35. The van der Waals surface area contributed by atoms with Crippen molar-refractivity contribution in [3.8, 4) is 0 Å². The van der Waals surface area contributed by atoms with Gasteiger partial charge >= 0.3 is 12.0 Å². The maximum absolute atomic E-state index is 12.5. The van der Waals surface area contributed by atoms with E-state index >= 15 is 0 Å². The Morgan fingerprint density at radius 1 is 1.38 bits per heavy atom. The summed E-state index contributed by atoms with van der Waals surface area (Å²) >= 11 is 0. The number of nitrogens with one attached hydrogen (secondary N) is 1. The monoisotopic (exact) mass is 290 g/mol. The third kappa shape index (κ3) is 3.74. The van der Waals surface area contributed by atoms with Gasteiger partial charge in [0.15, 0.2) is 0 Å². The van der Waals surface area contributed by atoms with Crippen LogP contribution in [0.5, 0.6) is 0 Å². The Bertz CT molecular complexity index is 554. The van der Waals surface area contributed by atoms with E-state index in [1.54, 1.807) is 0 Å². The molecule has 1 aliphatic carbocycles. The van der Waals surface area contributed by atoms with Crippen molar-refractivity contribution in [3.63, 3.8) is 0 Å². The quantitative estimate of drug-likeness (QED) is 0.876. The Morgan fingerprint density at radius 3 is 2.52 bits per heavy atom. The highest BCUT2D eigenvalue weighted by Crippen LogP contribution is 2.44. The van der Waals surface area contributed by atoms with Gasteiger partial charge in [0.25, 0.3) is 0 Å². The number of para-hydroxylation sites is 1. The number of aliphatic carboxylic acids is 1. The highest BCUT2D eigenvalue weighted by atomic mass is 16.4. The van der Waals surface area contributed by atoms with Crippen LogP contribution in [0, 0.1) is 12.3 Å². The van der Waals surface area contributed by atoms with Crippen LogP contribution >= 0.6 is 0 Å². The lowest BCUT2D eigenvalue weighted by Crippen LogP contribution is -2.43. The van der Waals surface area contributed by atoms with E-state index in [0.717, 1.165) is 17.7 Å². The number of aryl methyl sites for hydroxylation is 1. The van der Waals surface area contributed by atoms with Crippen LogP contribution < -0.4 is 10.2 Å². The molecule has 1 atom stereocenters. The van der Waals surface area contributed by atoms with Gasteiger partial charge in [-0.3, -0.25) is 9.69 Å². The van der Waals surface area contributed by atoms with E-state index in [0.29, 0.717) is 0 Å². The van der Waals surface area contributed by atoms with E-state index in [1.165, 1.54) is 4.90 Å². The van der Waals surface area contributed by atoms with E-state index in [1.807, 2.05) is 31.2 Å². The van der Waals surface area contributed by atoms with E-state index in [4.69, 9.17) is 5.11 Å². The molecule has 21 heavy (non-hydrogen) atoms. The summed E-state index contributed by atoms with van der Waals surface area (Å²) in [7, 11) is 0. The Labute approximate surface area is 125 Å². The molecule has 114 valence electrons. The minimum absolute atomic E-state index is 0.0736. The van der Waals surface area contributed by atoms with Gasteiger partial charge in [0.1, 0.15) is 0 Å². The molecule has 0 aromatic heterocycles. The smallest absolute Gasteiger partial charge is 0.322 e. The van der Waals surface area contributed by atoms with Gasteiger partial charge in [-0.15, -0.1) is 0 Å². The van der Waals surface area contributed by atoms with Crippen molar-refractivity contribution in [1.82, 2.24) is 5.32 Å². The second-order valence-electron chi connectivity index (χ2n) is 6.28. The predicted octanol–water partition coefficient (Wildman–Crippen LogP) is 2.78. The molecule has 1 aromatic carbocycles. The highest BCUT2D eigenvalue weighted by molar-refractivity contribution is 5.93. The number of urea groups is 1. The lowest BCUT2D eigenvalue weighted by Gasteiger charge is -2.24. The summed E-state index contributed by atoms with van der Waals surface area (Å²) in [6.07, 6.45) is 0.884. The van der Waals surface area contributed by atoms with Crippen molar-refractivity contribution in [2.24, 2.45) is 5.41 Å². The molecule has 0 aliphatic heterocycles. The summed E-state index contributed by atoms with van der Waals surface area (Å²) in [4.78, 5) is 24.8. The first-order valence-corrected chi connectivity index (χ1v) is 7.17. The molecular weight excluding hydrogens is 268 g/mol. The van der Waals surface area contributed by atoms with E-state index in [9.17, 15) is 9.59 Å². The van der Waals surface area contributed by atoms with E-state index in [2.05, 4.69) is 19.2 Å². The number of carbonyl (C=O) groups excluding carboxylic acids is 1. The molecule has 0 bridgehead atoms. The number of anilines is 1. The molecule has 1 saturated carbocycles. The van der Waals surface area contributed by atoms with Gasteiger partial charge < -0.3 is 10.4 Å². The molecule has 5 heteroatoms. The van der Waals surface area contributed by atoms with Gasteiger partial charge in [-0.2, -0.15) is 0 Å². The molecular formula is C16H22N2O3. The first-order chi connectivity index (χ1) is 9.81. The third-order valence-electron chi connectivity index (χ3n) is 4.01. The summed E-state index contributed by atoms with van der Waals surface area (Å²) in [6, 6.07) is 7.45. The average molecular weight is 290 g/mol. The zero-order valence-corrected chi connectivity index (χ0v) is 12.7. The number of carbonyl (C=O) groups is 2. The Kier molecular flexibility index (Phi) is 4.21. The van der Waals surface area contributed by atoms with Crippen molar-refractivity contribution in [1.29, 1.82) is 0 Å². The summed E-state index contributed by atoms with van der Waals surface area (Å²) in [6.45, 7) is 6.29. The summed E-state index contributed by atoms with van der Waals surface area (Å²) < 4.78 is 0. The number of hydrogen-bond acceptors (Lipinski definition) is 2. The molecule has 0 spiro atoms. The standard InChI is InChI=1S/C16H22N2O3/c1-11-6-4-5-7-12(11)18(9-8-14(19)20)15(21)17-13-10-16(13,2)3/h4-7,13H,8-10H2,1-3H3,(H,17,21)(H,19,20). The number of hydrogen-bond donors (Lipinski definition) is 2. The molecule has 1 aromatic rings. The fraction of sp³-hybridized carbons (Fsp3) is 0.500. The van der Waals surface area contributed by atoms with Crippen LogP contribution in [-0.4, -0.2) is 29.7 Å². The van der Waals surface area contributed by atoms with Gasteiger partial charge in [-0.05, 0) is 30.4 Å².